The number of benzene rings is 6. The van der Waals surface area contributed by atoms with Gasteiger partial charge in [0.15, 0.2) is 0 Å². The van der Waals surface area contributed by atoms with Gasteiger partial charge in [0, 0.05) is 0 Å². The van der Waals surface area contributed by atoms with Crippen molar-refractivity contribution in [2.75, 3.05) is 0 Å². The van der Waals surface area contributed by atoms with Gasteiger partial charge < -0.3 is 0 Å². The Labute approximate surface area is 289 Å². The molecule has 0 saturated carbocycles. The molecule has 0 nitrogen and oxygen atoms in total. The van der Waals surface area contributed by atoms with Gasteiger partial charge >= 0.3 is 12.4 Å². The fraction of sp³-hybridized carbons (Fsp3) is 0.0952. The summed E-state index contributed by atoms with van der Waals surface area (Å²) in [5, 5.41) is 4.86. The lowest BCUT2D eigenvalue weighted by Crippen LogP contribution is -2.30. The first-order chi connectivity index (χ1) is 23.6. The Hall–Kier alpha value is -4.50. The molecule has 0 amide bonds. The molecular weight excluding hydrogens is 680 g/mol. The van der Waals surface area contributed by atoms with Gasteiger partial charge in [-0.3, -0.25) is 0 Å². The molecule has 8 heteroatoms. The van der Waals surface area contributed by atoms with Gasteiger partial charge in [-0.15, -0.1) is 0 Å². The minimum atomic E-state index is -4.56. The molecule has 0 saturated heterocycles. The first kappa shape index (κ1) is 35.3. The minimum Gasteiger partial charge on any atom is -0.166 e. The third kappa shape index (κ3) is 6.55. The SMILES string of the molecule is C=P(c1ccc(C)cc1)(c1ccc(C)cc1)c1ccccc1-c1ccccc1P(=C)(c1ccc(C(F)(F)F)cc1)c1ccc(C(F)(F)F)cc1. The van der Waals surface area contributed by atoms with E-state index in [1.807, 2.05) is 56.3 Å². The lowest BCUT2D eigenvalue weighted by atomic mass is 10.1. The van der Waals surface area contributed by atoms with Gasteiger partial charge in [-0.25, -0.2) is 0 Å². The Balaban J connectivity index is 1.64. The van der Waals surface area contributed by atoms with Gasteiger partial charge in [0.1, 0.15) is 0 Å². The van der Waals surface area contributed by atoms with Crippen LogP contribution >= 0.6 is 13.8 Å². The summed E-state index contributed by atoms with van der Waals surface area (Å²) >= 11 is 0. The third-order valence-electron chi connectivity index (χ3n) is 9.14. The van der Waals surface area contributed by atoms with Crippen molar-refractivity contribution in [3.63, 3.8) is 0 Å². The summed E-state index contributed by atoms with van der Waals surface area (Å²) in [6.45, 7) is -1.58. The van der Waals surface area contributed by atoms with E-state index in [4.69, 9.17) is 12.6 Å². The van der Waals surface area contributed by atoms with Crippen molar-refractivity contribution in [1.82, 2.24) is 0 Å². The van der Waals surface area contributed by atoms with E-state index in [-0.39, 0.29) is 0 Å². The molecule has 0 unspecified atom stereocenters. The predicted molar refractivity (Wildman–Crippen MR) is 203 cm³/mol. The third-order valence-corrected chi connectivity index (χ3v) is 16.3. The average Bonchev–Trinajstić information content (AvgIpc) is 3.11. The number of hydrogen-bond donors (Lipinski definition) is 0. The van der Waals surface area contributed by atoms with E-state index in [0.29, 0.717) is 10.6 Å². The zero-order chi connectivity index (χ0) is 35.9. The Morgan fingerprint density at radius 3 is 0.920 bits per heavy atom. The van der Waals surface area contributed by atoms with Crippen LogP contribution in [0.3, 0.4) is 0 Å². The highest BCUT2D eigenvalue weighted by atomic mass is 31.2. The molecule has 0 aromatic heterocycles. The molecule has 0 radical (unpaired) electrons. The molecule has 0 bridgehead atoms. The quantitative estimate of drug-likeness (QED) is 0.114. The number of hydrogen-bond acceptors (Lipinski definition) is 0. The van der Waals surface area contributed by atoms with Crippen LogP contribution in [0.5, 0.6) is 0 Å². The molecule has 0 spiro atoms. The normalized spacial score (nSPS) is 12.6. The number of halogens is 6. The van der Waals surface area contributed by atoms with Crippen molar-refractivity contribution in [3.05, 3.63) is 168 Å². The molecule has 254 valence electrons. The van der Waals surface area contributed by atoms with Crippen molar-refractivity contribution in [3.8, 4) is 11.1 Å². The second-order valence-corrected chi connectivity index (χ2v) is 18.7. The van der Waals surface area contributed by atoms with Crippen LogP contribution in [0.25, 0.3) is 11.1 Å². The topological polar surface area (TPSA) is 0 Å². The summed E-state index contributed by atoms with van der Waals surface area (Å²) in [4.78, 5) is 0. The van der Waals surface area contributed by atoms with Gasteiger partial charge in [0.2, 0.25) is 0 Å². The van der Waals surface area contributed by atoms with Crippen molar-refractivity contribution in [2.45, 2.75) is 26.2 Å². The highest BCUT2D eigenvalue weighted by Gasteiger charge is 2.34. The molecular formula is C42H34F6P2. The molecule has 0 fully saturated rings. The molecule has 6 rings (SSSR count). The van der Waals surface area contributed by atoms with Gasteiger partial charge in [-0.1, -0.05) is 145 Å². The first-order valence-corrected chi connectivity index (χ1v) is 19.7. The molecule has 0 aliphatic carbocycles. The second-order valence-electron chi connectivity index (χ2n) is 12.4. The smallest absolute Gasteiger partial charge is 0.166 e. The van der Waals surface area contributed by atoms with E-state index in [1.54, 1.807) is 0 Å². The summed E-state index contributed by atoms with van der Waals surface area (Å²) < 4.78 is 82.0. The Morgan fingerprint density at radius 1 is 0.380 bits per heavy atom. The molecule has 0 heterocycles. The van der Waals surface area contributed by atoms with E-state index in [0.717, 1.165) is 67.7 Å². The highest BCUT2D eigenvalue weighted by molar-refractivity contribution is 7.94. The van der Waals surface area contributed by atoms with Crippen molar-refractivity contribution in [1.29, 1.82) is 0 Å². The van der Waals surface area contributed by atoms with Crippen LogP contribution in [0.4, 0.5) is 26.3 Å². The van der Waals surface area contributed by atoms with Gasteiger partial charge in [-0.2, -0.15) is 26.3 Å². The molecule has 0 N–H and O–H groups in total. The zero-order valence-electron chi connectivity index (χ0n) is 27.4. The van der Waals surface area contributed by atoms with Crippen LogP contribution in [-0.4, -0.2) is 12.6 Å². The van der Waals surface area contributed by atoms with Crippen LogP contribution in [0.15, 0.2) is 146 Å². The Morgan fingerprint density at radius 2 is 0.640 bits per heavy atom. The molecule has 0 aliphatic rings. The second kappa shape index (κ2) is 13.3. The lowest BCUT2D eigenvalue weighted by Gasteiger charge is -2.32. The summed E-state index contributed by atoms with van der Waals surface area (Å²) in [5.41, 5.74) is 2.26. The van der Waals surface area contributed by atoms with Crippen molar-refractivity contribution >= 4 is 58.2 Å². The zero-order valence-corrected chi connectivity index (χ0v) is 29.2. The van der Waals surface area contributed by atoms with E-state index in [9.17, 15) is 26.3 Å². The lowest BCUT2D eigenvalue weighted by molar-refractivity contribution is -0.138. The maximum atomic E-state index is 13.7. The van der Waals surface area contributed by atoms with Crippen LogP contribution in [0.1, 0.15) is 22.3 Å². The number of aryl methyl sites for hydroxylation is 2. The number of rotatable bonds is 7. The van der Waals surface area contributed by atoms with E-state index >= 15 is 0 Å². The van der Waals surface area contributed by atoms with E-state index in [1.165, 1.54) is 24.3 Å². The van der Waals surface area contributed by atoms with Crippen LogP contribution in [-0.2, 0) is 12.4 Å². The summed E-state index contributed by atoms with van der Waals surface area (Å²) in [7, 11) is 0. The minimum absolute atomic E-state index is 0.503. The molecule has 50 heavy (non-hydrogen) atoms. The van der Waals surface area contributed by atoms with Crippen molar-refractivity contribution in [2.24, 2.45) is 0 Å². The summed E-state index contributed by atoms with van der Waals surface area (Å²) in [6.07, 6.45) is 0.598. The molecule has 0 aliphatic heterocycles. The van der Waals surface area contributed by atoms with E-state index < -0.39 is 37.3 Å². The fourth-order valence-electron chi connectivity index (χ4n) is 6.33. The summed E-state index contributed by atoms with van der Waals surface area (Å²) in [5.74, 6) is 0. The first-order valence-electron chi connectivity index (χ1n) is 15.8. The van der Waals surface area contributed by atoms with Gasteiger partial charge in [0.25, 0.3) is 0 Å². The van der Waals surface area contributed by atoms with E-state index in [2.05, 4.69) is 54.6 Å². The highest BCUT2D eigenvalue weighted by Crippen LogP contribution is 2.49. The van der Waals surface area contributed by atoms with Crippen LogP contribution < -0.4 is 31.8 Å². The van der Waals surface area contributed by atoms with Crippen LogP contribution in [0, 0.1) is 13.8 Å². The van der Waals surface area contributed by atoms with Gasteiger partial charge in [-0.05, 0) is 94.8 Å². The van der Waals surface area contributed by atoms with Crippen LogP contribution in [0.2, 0.25) is 0 Å². The maximum Gasteiger partial charge on any atom is 0.416 e. The molecule has 6 aromatic rings. The summed E-state index contributed by atoms with van der Waals surface area (Å²) in [6, 6.07) is 42.0. The largest absolute Gasteiger partial charge is 0.416 e. The van der Waals surface area contributed by atoms with Gasteiger partial charge in [0.05, 0.1) is 11.1 Å². The average molecular weight is 715 g/mol. The Kier molecular flexibility index (Phi) is 9.41. The molecule has 6 aromatic carbocycles. The number of alkyl halides is 6. The predicted octanol–water partition coefficient (Wildman–Crippen LogP) is 9.46. The standard InChI is InChI=1S/C42H34F6P2/c1-29-13-21-33(22-14-29)49(3,34-23-15-30(2)16-24-34)39-11-7-5-9-37(39)38-10-6-8-12-40(38)50(4,35-25-17-31(18-26-35)41(43,44)45)36-27-19-32(20-28-36)42(46,47)48/h5-28H,3-4H2,1-2H3. The molecule has 0 atom stereocenters. The maximum absolute atomic E-state index is 13.7. The fourth-order valence-corrected chi connectivity index (χ4v) is 12.6. The monoisotopic (exact) mass is 714 g/mol. The van der Waals surface area contributed by atoms with Crippen molar-refractivity contribution < 1.29 is 26.3 Å². The Bertz CT molecular complexity index is 2120.